The summed E-state index contributed by atoms with van der Waals surface area (Å²) in [5.74, 6) is 1.68. The van der Waals surface area contributed by atoms with Gasteiger partial charge in [-0.15, -0.1) is 24.0 Å². The van der Waals surface area contributed by atoms with E-state index in [0.29, 0.717) is 13.2 Å². The SMILES string of the molecule is CCOc1cccc(CNC(=NC)NCCc2ccc(-n3cccn3)cc2)c1.I. The van der Waals surface area contributed by atoms with Crippen molar-refractivity contribution in [1.82, 2.24) is 20.4 Å². The topological polar surface area (TPSA) is 63.5 Å². The van der Waals surface area contributed by atoms with Crippen LogP contribution in [0.1, 0.15) is 18.1 Å². The zero-order chi connectivity index (χ0) is 19.6. The van der Waals surface area contributed by atoms with Crippen LogP contribution in [0.4, 0.5) is 0 Å². The van der Waals surface area contributed by atoms with Gasteiger partial charge in [-0.05, 0) is 54.8 Å². The standard InChI is InChI=1S/C22H27N5O.HI/c1-3-28-21-7-4-6-19(16-21)17-25-22(23-2)24-14-12-18-8-10-20(11-9-18)27-15-5-13-26-27;/h4-11,13,15-16H,3,12,14,17H2,1-2H3,(H2,23,24,25);1H. The van der Waals surface area contributed by atoms with Crippen LogP contribution < -0.4 is 15.4 Å². The van der Waals surface area contributed by atoms with E-state index in [-0.39, 0.29) is 24.0 Å². The zero-order valence-corrected chi connectivity index (χ0v) is 19.2. The molecule has 0 saturated heterocycles. The van der Waals surface area contributed by atoms with Gasteiger partial charge in [-0.3, -0.25) is 4.99 Å². The third kappa shape index (κ3) is 7.08. The molecule has 0 amide bonds. The van der Waals surface area contributed by atoms with Crippen molar-refractivity contribution in [2.75, 3.05) is 20.2 Å². The molecule has 3 aromatic rings. The number of aromatic nitrogens is 2. The molecular formula is C22H28IN5O. The first-order valence-corrected chi connectivity index (χ1v) is 9.53. The summed E-state index contributed by atoms with van der Waals surface area (Å²) in [5, 5.41) is 10.9. The van der Waals surface area contributed by atoms with E-state index < -0.39 is 0 Å². The number of nitrogens with one attached hydrogen (secondary N) is 2. The van der Waals surface area contributed by atoms with Gasteiger partial charge in [0.15, 0.2) is 5.96 Å². The highest BCUT2D eigenvalue weighted by Crippen LogP contribution is 2.13. The zero-order valence-electron chi connectivity index (χ0n) is 16.8. The third-order valence-corrected chi connectivity index (χ3v) is 4.30. The Morgan fingerprint density at radius 3 is 2.59 bits per heavy atom. The minimum atomic E-state index is 0. The fraction of sp³-hybridized carbons (Fsp3) is 0.273. The van der Waals surface area contributed by atoms with E-state index in [0.717, 1.165) is 35.9 Å². The van der Waals surface area contributed by atoms with Crippen molar-refractivity contribution in [3.05, 3.63) is 78.1 Å². The minimum Gasteiger partial charge on any atom is -0.494 e. The van der Waals surface area contributed by atoms with E-state index in [4.69, 9.17) is 4.74 Å². The Hall–Kier alpha value is -2.55. The van der Waals surface area contributed by atoms with Gasteiger partial charge < -0.3 is 15.4 Å². The van der Waals surface area contributed by atoms with Crippen LogP contribution in [0.25, 0.3) is 5.69 Å². The van der Waals surface area contributed by atoms with E-state index >= 15 is 0 Å². The van der Waals surface area contributed by atoms with Crippen molar-refractivity contribution in [3.8, 4) is 11.4 Å². The molecule has 1 heterocycles. The van der Waals surface area contributed by atoms with Gasteiger partial charge in [-0.25, -0.2) is 4.68 Å². The number of nitrogens with zero attached hydrogens (tertiary/aromatic N) is 3. The van der Waals surface area contributed by atoms with Crippen LogP contribution in [0.5, 0.6) is 5.75 Å². The van der Waals surface area contributed by atoms with Gasteiger partial charge in [0.2, 0.25) is 0 Å². The highest BCUT2D eigenvalue weighted by Gasteiger charge is 2.01. The van der Waals surface area contributed by atoms with Gasteiger partial charge >= 0.3 is 0 Å². The monoisotopic (exact) mass is 505 g/mol. The van der Waals surface area contributed by atoms with Gasteiger partial charge in [0.1, 0.15) is 5.75 Å². The maximum Gasteiger partial charge on any atom is 0.191 e. The van der Waals surface area contributed by atoms with Gasteiger partial charge in [0, 0.05) is 32.5 Å². The van der Waals surface area contributed by atoms with Gasteiger partial charge in [0.05, 0.1) is 12.3 Å². The Bertz CT molecular complexity index is 878. The van der Waals surface area contributed by atoms with Crippen LogP contribution >= 0.6 is 24.0 Å². The molecule has 3 rings (SSSR count). The molecule has 2 N–H and O–H groups in total. The van der Waals surface area contributed by atoms with Gasteiger partial charge in [0.25, 0.3) is 0 Å². The van der Waals surface area contributed by atoms with Crippen molar-refractivity contribution >= 4 is 29.9 Å². The normalized spacial score (nSPS) is 10.9. The van der Waals surface area contributed by atoms with Crippen LogP contribution in [0, 0.1) is 0 Å². The summed E-state index contributed by atoms with van der Waals surface area (Å²) in [7, 11) is 1.78. The van der Waals surface area contributed by atoms with Crippen molar-refractivity contribution < 1.29 is 4.74 Å². The molecule has 0 bridgehead atoms. The lowest BCUT2D eigenvalue weighted by Crippen LogP contribution is -2.37. The Kier molecular flexibility index (Phi) is 9.49. The number of ether oxygens (including phenoxy) is 1. The molecule has 0 atom stereocenters. The highest BCUT2D eigenvalue weighted by molar-refractivity contribution is 14.0. The van der Waals surface area contributed by atoms with Crippen LogP contribution in [-0.2, 0) is 13.0 Å². The average Bonchev–Trinajstić information content (AvgIpc) is 3.26. The second kappa shape index (κ2) is 12.1. The Morgan fingerprint density at radius 1 is 1.07 bits per heavy atom. The molecule has 0 aliphatic rings. The maximum absolute atomic E-state index is 5.55. The van der Waals surface area contributed by atoms with Crippen molar-refractivity contribution in [3.63, 3.8) is 0 Å². The molecule has 6 nitrogen and oxygen atoms in total. The fourth-order valence-electron chi connectivity index (χ4n) is 2.88. The van der Waals surface area contributed by atoms with Crippen molar-refractivity contribution in [1.29, 1.82) is 0 Å². The van der Waals surface area contributed by atoms with E-state index in [1.165, 1.54) is 5.56 Å². The smallest absolute Gasteiger partial charge is 0.191 e. The van der Waals surface area contributed by atoms with E-state index in [1.54, 1.807) is 13.2 Å². The van der Waals surface area contributed by atoms with E-state index in [1.807, 2.05) is 42.1 Å². The lowest BCUT2D eigenvalue weighted by Gasteiger charge is -2.13. The summed E-state index contributed by atoms with van der Waals surface area (Å²) < 4.78 is 7.40. The number of hydrogen-bond acceptors (Lipinski definition) is 3. The number of halogens is 1. The lowest BCUT2D eigenvalue weighted by molar-refractivity contribution is 0.340. The van der Waals surface area contributed by atoms with Crippen LogP contribution in [0.3, 0.4) is 0 Å². The highest BCUT2D eigenvalue weighted by atomic mass is 127. The average molecular weight is 505 g/mol. The summed E-state index contributed by atoms with van der Waals surface area (Å²) in [6.45, 7) is 4.16. The summed E-state index contributed by atoms with van der Waals surface area (Å²) in [6, 6.07) is 18.4. The first-order chi connectivity index (χ1) is 13.8. The van der Waals surface area contributed by atoms with Crippen LogP contribution in [0.15, 0.2) is 72.0 Å². The number of guanidine groups is 1. The Balaban J connectivity index is 0.00000300. The molecule has 1 aromatic heterocycles. The number of aliphatic imine (C=N–C) groups is 1. The second-order valence-electron chi connectivity index (χ2n) is 6.30. The molecule has 29 heavy (non-hydrogen) atoms. The van der Waals surface area contributed by atoms with Crippen LogP contribution in [-0.4, -0.2) is 35.9 Å². The summed E-state index contributed by atoms with van der Waals surface area (Å²) >= 11 is 0. The molecule has 0 spiro atoms. The maximum atomic E-state index is 5.55. The van der Waals surface area contributed by atoms with Crippen LogP contribution in [0.2, 0.25) is 0 Å². The molecule has 0 aliphatic carbocycles. The summed E-state index contributed by atoms with van der Waals surface area (Å²) in [5.41, 5.74) is 3.49. The van der Waals surface area contributed by atoms with Gasteiger partial charge in [-0.1, -0.05) is 24.3 Å². The quantitative estimate of drug-likeness (QED) is 0.278. The van der Waals surface area contributed by atoms with Gasteiger partial charge in [-0.2, -0.15) is 5.10 Å². The largest absolute Gasteiger partial charge is 0.494 e. The molecule has 2 aromatic carbocycles. The number of hydrogen-bond donors (Lipinski definition) is 2. The lowest BCUT2D eigenvalue weighted by atomic mass is 10.1. The predicted molar refractivity (Wildman–Crippen MR) is 128 cm³/mol. The Morgan fingerprint density at radius 2 is 1.90 bits per heavy atom. The first kappa shape index (κ1) is 22.7. The Labute approximate surface area is 189 Å². The molecule has 0 unspecified atom stereocenters. The number of rotatable bonds is 8. The fourth-order valence-corrected chi connectivity index (χ4v) is 2.88. The number of benzene rings is 2. The van der Waals surface area contributed by atoms with Crippen molar-refractivity contribution in [2.24, 2.45) is 4.99 Å². The molecule has 0 fully saturated rings. The van der Waals surface area contributed by atoms with E-state index in [9.17, 15) is 0 Å². The molecular weight excluding hydrogens is 477 g/mol. The first-order valence-electron chi connectivity index (χ1n) is 9.53. The third-order valence-electron chi connectivity index (χ3n) is 4.30. The second-order valence-corrected chi connectivity index (χ2v) is 6.30. The molecule has 0 saturated carbocycles. The van der Waals surface area contributed by atoms with Crippen molar-refractivity contribution in [2.45, 2.75) is 19.9 Å². The predicted octanol–water partition coefficient (Wildman–Crippen LogP) is 3.80. The molecule has 0 aliphatic heterocycles. The van der Waals surface area contributed by atoms with E-state index in [2.05, 4.69) is 51.1 Å². The molecule has 7 heteroatoms. The molecule has 154 valence electrons. The molecule has 0 radical (unpaired) electrons. The minimum absolute atomic E-state index is 0. The summed E-state index contributed by atoms with van der Waals surface area (Å²) in [6.07, 6.45) is 4.64. The summed E-state index contributed by atoms with van der Waals surface area (Å²) in [4.78, 5) is 4.29.